The number of aryl methyl sites for hydroxylation is 1. The SMILES string of the molecule is Cc1cc(N(C)C2CCCN(c3ccccc3)C2)nc(-c2cccnc2)n1. The summed E-state index contributed by atoms with van der Waals surface area (Å²) in [5.41, 5.74) is 3.22. The number of rotatable bonds is 4. The molecule has 1 saturated heterocycles. The molecule has 2 aromatic heterocycles. The topological polar surface area (TPSA) is 45.2 Å². The number of aromatic nitrogens is 3. The van der Waals surface area contributed by atoms with Crippen LogP contribution in [0.25, 0.3) is 11.4 Å². The van der Waals surface area contributed by atoms with Crippen LogP contribution in [0.1, 0.15) is 18.5 Å². The van der Waals surface area contributed by atoms with Crippen molar-refractivity contribution in [2.75, 3.05) is 29.9 Å². The zero-order valence-electron chi connectivity index (χ0n) is 15.9. The van der Waals surface area contributed by atoms with E-state index < -0.39 is 0 Å². The highest BCUT2D eigenvalue weighted by atomic mass is 15.3. The monoisotopic (exact) mass is 359 g/mol. The van der Waals surface area contributed by atoms with Gasteiger partial charge >= 0.3 is 0 Å². The Labute approximate surface area is 160 Å². The summed E-state index contributed by atoms with van der Waals surface area (Å²) in [6.07, 6.45) is 5.94. The van der Waals surface area contributed by atoms with Crippen molar-refractivity contribution in [3.8, 4) is 11.4 Å². The van der Waals surface area contributed by atoms with Crippen molar-refractivity contribution in [3.05, 3.63) is 66.6 Å². The van der Waals surface area contributed by atoms with E-state index in [4.69, 9.17) is 4.98 Å². The first-order chi connectivity index (χ1) is 13.2. The first-order valence-corrected chi connectivity index (χ1v) is 9.49. The molecule has 0 bridgehead atoms. The van der Waals surface area contributed by atoms with E-state index in [2.05, 4.69) is 63.2 Å². The summed E-state index contributed by atoms with van der Waals surface area (Å²) in [4.78, 5) is 18.4. The maximum Gasteiger partial charge on any atom is 0.163 e. The molecule has 138 valence electrons. The largest absolute Gasteiger partial charge is 0.369 e. The summed E-state index contributed by atoms with van der Waals surface area (Å²) in [5, 5.41) is 0. The Morgan fingerprint density at radius 3 is 2.70 bits per heavy atom. The molecule has 5 heteroatoms. The minimum Gasteiger partial charge on any atom is -0.369 e. The first-order valence-electron chi connectivity index (χ1n) is 9.49. The molecule has 1 aliphatic heterocycles. The average Bonchev–Trinajstić information content (AvgIpc) is 2.74. The second-order valence-electron chi connectivity index (χ2n) is 7.12. The number of hydrogen-bond acceptors (Lipinski definition) is 5. The molecule has 1 fully saturated rings. The van der Waals surface area contributed by atoms with Crippen molar-refractivity contribution in [1.29, 1.82) is 0 Å². The molecule has 5 nitrogen and oxygen atoms in total. The lowest BCUT2D eigenvalue weighted by molar-refractivity contribution is 0.486. The minimum absolute atomic E-state index is 0.426. The third kappa shape index (κ3) is 3.92. The van der Waals surface area contributed by atoms with Crippen LogP contribution in [0.4, 0.5) is 11.5 Å². The molecule has 0 aliphatic carbocycles. The van der Waals surface area contributed by atoms with Crippen LogP contribution in [-0.2, 0) is 0 Å². The van der Waals surface area contributed by atoms with Gasteiger partial charge in [0.2, 0.25) is 0 Å². The van der Waals surface area contributed by atoms with Gasteiger partial charge < -0.3 is 9.80 Å². The van der Waals surface area contributed by atoms with Crippen LogP contribution in [0, 0.1) is 6.92 Å². The second-order valence-corrected chi connectivity index (χ2v) is 7.12. The third-order valence-electron chi connectivity index (χ3n) is 5.19. The molecule has 0 spiro atoms. The third-order valence-corrected chi connectivity index (χ3v) is 5.19. The Morgan fingerprint density at radius 2 is 1.93 bits per heavy atom. The maximum atomic E-state index is 4.83. The molecule has 0 amide bonds. The standard InChI is InChI=1S/C22H25N5/c1-17-14-21(25-22(24-17)18-8-6-12-23-15-18)26(2)20-11-7-13-27(16-20)19-9-4-3-5-10-19/h3-6,8-10,12,14-15,20H,7,11,13,16H2,1-2H3. The number of piperidine rings is 1. The van der Waals surface area contributed by atoms with E-state index in [1.807, 2.05) is 25.3 Å². The van der Waals surface area contributed by atoms with Crippen LogP contribution < -0.4 is 9.80 Å². The molecule has 1 aromatic carbocycles. The van der Waals surface area contributed by atoms with E-state index in [0.29, 0.717) is 6.04 Å². The van der Waals surface area contributed by atoms with E-state index in [9.17, 15) is 0 Å². The van der Waals surface area contributed by atoms with Gasteiger partial charge in [-0.3, -0.25) is 4.98 Å². The van der Waals surface area contributed by atoms with Crippen molar-refractivity contribution >= 4 is 11.5 Å². The van der Waals surface area contributed by atoms with Crippen molar-refractivity contribution < 1.29 is 0 Å². The average molecular weight is 359 g/mol. The van der Waals surface area contributed by atoms with Crippen molar-refractivity contribution in [2.24, 2.45) is 0 Å². The highest BCUT2D eigenvalue weighted by molar-refractivity contribution is 5.57. The number of benzene rings is 1. The molecule has 3 aromatic rings. The number of likely N-dealkylation sites (N-methyl/N-ethyl adjacent to an activating group) is 1. The fraction of sp³-hybridized carbons (Fsp3) is 0.318. The van der Waals surface area contributed by atoms with Crippen LogP contribution in [0.3, 0.4) is 0 Å². The van der Waals surface area contributed by atoms with Gasteiger partial charge in [0, 0.05) is 61.6 Å². The van der Waals surface area contributed by atoms with Crippen LogP contribution in [-0.4, -0.2) is 41.1 Å². The molecule has 0 radical (unpaired) electrons. The predicted molar refractivity (Wildman–Crippen MR) is 110 cm³/mol. The molecule has 1 unspecified atom stereocenters. The van der Waals surface area contributed by atoms with E-state index in [0.717, 1.165) is 36.0 Å². The van der Waals surface area contributed by atoms with Gasteiger partial charge in [0.15, 0.2) is 5.82 Å². The van der Waals surface area contributed by atoms with Gasteiger partial charge in [-0.05, 0) is 44.0 Å². The lowest BCUT2D eigenvalue weighted by Gasteiger charge is -2.39. The maximum absolute atomic E-state index is 4.83. The minimum atomic E-state index is 0.426. The summed E-state index contributed by atoms with van der Waals surface area (Å²) >= 11 is 0. The van der Waals surface area contributed by atoms with Crippen molar-refractivity contribution in [1.82, 2.24) is 15.0 Å². The summed E-state index contributed by atoms with van der Waals surface area (Å²) in [6, 6.07) is 17.1. The van der Waals surface area contributed by atoms with Gasteiger partial charge in [-0.15, -0.1) is 0 Å². The molecular formula is C22H25N5. The molecule has 4 rings (SSSR count). The number of pyridine rings is 1. The number of nitrogens with zero attached hydrogens (tertiary/aromatic N) is 5. The highest BCUT2D eigenvalue weighted by Gasteiger charge is 2.24. The zero-order chi connectivity index (χ0) is 18.6. The molecule has 27 heavy (non-hydrogen) atoms. The van der Waals surface area contributed by atoms with Crippen LogP contribution in [0.15, 0.2) is 60.9 Å². The fourth-order valence-corrected chi connectivity index (χ4v) is 3.69. The van der Waals surface area contributed by atoms with Gasteiger partial charge in [0.1, 0.15) is 5.82 Å². The Hall–Kier alpha value is -2.95. The van der Waals surface area contributed by atoms with Gasteiger partial charge in [0.25, 0.3) is 0 Å². The summed E-state index contributed by atoms with van der Waals surface area (Å²) in [6.45, 7) is 4.14. The summed E-state index contributed by atoms with van der Waals surface area (Å²) in [5.74, 6) is 1.71. The molecule has 0 saturated carbocycles. The zero-order valence-corrected chi connectivity index (χ0v) is 15.9. The summed E-state index contributed by atoms with van der Waals surface area (Å²) in [7, 11) is 2.15. The normalized spacial score (nSPS) is 17.0. The first kappa shape index (κ1) is 17.5. The second kappa shape index (κ2) is 7.74. The Kier molecular flexibility index (Phi) is 5.01. The smallest absolute Gasteiger partial charge is 0.163 e. The lowest BCUT2D eigenvalue weighted by atomic mass is 10.0. The molecule has 1 atom stereocenters. The Balaban J connectivity index is 1.57. The Bertz CT molecular complexity index is 882. The van der Waals surface area contributed by atoms with Crippen LogP contribution in [0.5, 0.6) is 0 Å². The fourth-order valence-electron chi connectivity index (χ4n) is 3.69. The van der Waals surface area contributed by atoms with Gasteiger partial charge in [-0.1, -0.05) is 18.2 Å². The van der Waals surface area contributed by atoms with Crippen molar-refractivity contribution in [2.45, 2.75) is 25.8 Å². The predicted octanol–water partition coefficient (Wildman–Crippen LogP) is 3.95. The van der Waals surface area contributed by atoms with Crippen molar-refractivity contribution in [3.63, 3.8) is 0 Å². The van der Waals surface area contributed by atoms with E-state index >= 15 is 0 Å². The Morgan fingerprint density at radius 1 is 1.07 bits per heavy atom. The number of anilines is 2. The number of para-hydroxylation sites is 1. The molecule has 1 aliphatic rings. The lowest BCUT2D eigenvalue weighted by Crippen LogP contribution is -2.47. The van der Waals surface area contributed by atoms with Gasteiger partial charge in [-0.2, -0.15) is 0 Å². The molecular weight excluding hydrogens is 334 g/mol. The molecule has 3 heterocycles. The van der Waals surface area contributed by atoms with Gasteiger partial charge in [0.05, 0.1) is 0 Å². The quantitative estimate of drug-likeness (QED) is 0.706. The van der Waals surface area contributed by atoms with E-state index in [-0.39, 0.29) is 0 Å². The van der Waals surface area contributed by atoms with E-state index in [1.165, 1.54) is 18.5 Å². The molecule has 0 N–H and O–H groups in total. The van der Waals surface area contributed by atoms with Crippen LogP contribution >= 0.6 is 0 Å². The van der Waals surface area contributed by atoms with Crippen LogP contribution in [0.2, 0.25) is 0 Å². The van der Waals surface area contributed by atoms with Gasteiger partial charge in [-0.25, -0.2) is 9.97 Å². The number of hydrogen-bond donors (Lipinski definition) is 0. The highest BCUT2D eigenvalue weighted by Crippen LogP contribution is 2.26. The summed E-state index contributed by atoms with van der Waals surface area (Å²) < 4.78 is 0. The van der Waals surface area contributed by atoms with E-state index in [1.54, 1.807) is 6.20 Å².